The molecule has 0 aliphatic rings. The number of imidazole rings is 1. The fourth-order valence-corrected chi connectivity index (χ4v) is 1.84. The molecule has 108 valence electrons. The molecule has 0 aliphatic heterocycles. The summed E-state index contributed by atoms with van der Waals surface area (Å²) in [5.74, 6) is -0.480. The van der Waals surface area contributed by atoms with Gasteiger partial charge in [0.2, 0.25) is 0 Å². The van der Waals surface area contributed by atoms with Gasteiger partial charge in [0.05, 0.1) is 6.54 Å². The summed E-state index contributed by atoms with van der Waals surface area (Å²) in [5.41, 5.74) is 1.16. The summed E-state index contributed by atoms with van der Waals surface area (Å²) in [6, 6.07) is 6.80. The predicted octanol–water partition coefficient (Wildman–Crippen LogP) is 1.78. The number of aromatic nitrogens is 2. The van der Waals surface area contributed by atoms with E-state index in [1.165, 1.54) is 6.08 Å². The Hall–Kier alpha value is -2.89. The topological polar surface area (TPSA) is 86.3 Å². The van der Waals surface area contributed by atoms with Gasteiger partial charge in [-0.15, -0.1) is 0 Å². The zero-order valence-corrected chi connectivity index (χ0v) is 11.5. The van der Waals surface area contributed by atoms with E-state index in [1.807, 2.05) is 0 Å². The average Bonchev–Trinajstić information content (AvgIpc) is 2.97. The Balaban J connectivity index is 2.11. The van der Waals surface area contributed by atoms with E-state index < -0.39 is 5.97 Å². The molecule has 0 bridgehead atoms. The Morgan fingerprint density at radius 3 is 2.90 bits per heavy atom. The number of rotatable bonds is 5. The highest BCUT2D eigenvalue weighted by Gasteiger charge is 2.13. The highest BCUT2D eigenvalue weighted by molar-refractivity contribution is 5.95. The third-order valence-electron chi connectivity index (χ3n) is 2.84. The van der Waals surface area contributed by atoms with Crippen molar-refractivity contribution in [3.05, 3.63) is 59.7 Å². The lowest BCUT2D eigenvalue weighted by atomic mass is 10.1. The highest BCUT2D eigenvalue weighted by atomic mass is 16.4. The maximum absolute atomic E-state index is 12.3. The lowest BCUT2D eigenvalue weighted by Crippen LogP contribution is -2.26. The molecule has 0 aliphatic carbocycles. The lowest BCUT2D eigenvalue weighted by Gasteiger charge is -2.16. The van der Waals surface area contributed by atoms with E-state index in [9.17, 15) is 9.59 Å². The van der Waals surface area contributed by atoms with Gasteiger partial charge in [0.15, 0.2) is 0 Å². The number of aromatic amines is 1. The SMILES string of the molecule is CN(Cc1ncc[nH]1)C(=O)c1cccc(C=CC(=O)O)c1. The van der Waals surface area contributed by atoms with Crippen molar-refractivity contribution in [3.8, 4) is 0 Å². The van der Waals surface area contributed by atoms with Crippen LogP contribution in [0.5, 0.6) is 0 Å². The predicted molar refractivity (Wildman–Crippen MR) is 77.5 cm³/mol. The summed E-state index contributed by atoms with van der Waals surface area (Å²) in [4.78, 5) is 31.4. The number of carboxylic acid groups (broad SMARTS) is 1. The third kappa shape index (κ3) is 4.04. The van der Waals surface area contributed by atoms with Gasteiger partial charge in [-0.1, -0.05) is 12.1 Å². The zero-order valence-electron chi connectivity index (χ0n) is 11.5. The summed E-state index contributed by atoms with van der Waals surface area (Å²) >= 11 is 0. The molecule has 0 spiro atoms. The summed E-state index contributed by atoms with van der Waals surface area (Å²) in [5, 5.41) is 8.61. The van der Waals surface area contributed by atoms with E-state index >= 15 is 0 Å². The lowest BCUT2D eigenvalue weighted by molar-refractivity contribution is -0.131. The molecule has 1 heterocycles. The molecule has 0 fully saturated rings. The number of carbonyl (C=O) groups is 2. The van der Waals surface area contributed by atoms with Crippen molar-refractivity contribution in [2.75, 3.05) is 7.05 Å². The first-order chi connectivity index (χ1) is 10.1. The van der Waals surface area contributed by atoms with E-state index in [2.05, 4.69) is 9.97 Å². The van der Waals surface area contributed by atoms with E-state index in [-0.39, 0.29) is 5.91 Å². The number of nitrogens with zero attached hydrogens (tertiary/aromatic N) is 2. The smallest absolute Gasteiger partial charge is 0.328 e. The van der Waals surface area contributed by atoms with Gasteiger partial charge >= 0.3 is 5.97 Å². The normalized spacial score (nSPS) is 10.7. The molecule has 1 aromatic carbocycles. The molecule has 0 radical (unpaired) electrons. The molecular formula is C15H15N3O3. The first-order valence-electron chi connectivity index (χ1n) is 6.31. The van der Waals surface area contributed by atoms with Crippen molar-refractivity contribution in [3.63, 3.8) is 0 Å². The minimum Gasteiger partial charge on any atom is -0.478 e. The summed E-state index contributed by atoms with van der Waals surface area (Å²) in [6.07, 6.45) is 5.82. The molecule has 1 amide bonds. The maximum atomic E-state index is 12.3. The number of benzene rings is 1. The second-order valence-electron chi connectivity index (χ2n) is 4.49. The van der Waals surface area contributed by atoms with E-state index in [4.69, 9.17) is 5.11 Å². The molecule has 21 heavy (non-hydrogen) atoms. The molecule has 2 rings (SSSR count). The average molecular weight is 285 g/mol. The van der Waals surface area contributed by atoms with Gasteiger partial charge in [0.25, 0.3) is 5.91 Å². The molecule has 6 nitrogen and oxygen atoms in total. The van der Waals surface area contributed by atoms with Crippen LogP contribution in [0, 0.1) is 0 Å². The number of hydrogen-bond donors (Lipinski definition) is 2. The molecule has 0 saturated heterocycles. The van der Waals surface area contributed by atoms with Gasteiger partial charge in [0.1, 0.15) is 5.82 Å². The molecular weight excluding hydrogens is 270 g/mol. The fraction of sp³-hybridized carbons (Fsp3) is 0.133. The number of carbonyl (C=O) groups excluding carboxylic acids is 1. The van der Waals surface area contributed by atoms with Crippen LogP contribution in [-0.4, -0.2) is 38.9 Å². The standard InChI is InChI=1S/C15H15N3O3/c1-18(10-13-16-7-8-17-13)15(21)12-4-2-3-11(9-12)5-6-14(19)20/h2-9H,10H2,1H3,(H,16,17)(H,19,20). The third-order valence-corrected chi connectivity index (χ3v) is 2.84. The van der Waals surface area contributed by atoms with Crippen LogP contribution >= 0.6 is 0 Å². The molecule has 0 atom stereocenters. The van der Waals surface area contributed by atoms with Gasteiger partial charge in [0, 0.05) is 31.1 Å². The second-order valence-corrected chi connectivity index (χ2v) is 4.49. The van der Waals surface area contributed by atoms with Crippen LogP contribution in [0.2, 0.25) is 0 Å². The number of hydrogen-bond acceptors (Lipinski definition) is 3. The van der Waals surface area contributed by atoms with Gasteiger partial charge in [-0.05, 0) is 23.8 Å². The molecule has 0 unspecified atom stereocenters. The number of nitrogens with one attached hydrogen (secondary N) is 1. The first kappa shape index (κ1) is 14.5. The Kier molecular flexibility index (Phi) is 4.50. The van der Waals surface area contributed by atoms with Crippen LogP contribution in [0.3, 0.4) is 0 Å². The minimum absolute atomic E-state index is 0.156. The molecule has 6 heteroatoms. The maximum Gasteiger partial charge on any atom is 0.328 e. The van der Waals surface area contributed by atoms with Crippen molar-refractivity contribution in [1.29, 1.82) is 0 Å². The van der Waals surface area contributed by atoms with Crippen LogP contribution in [0.1, 0.15) is 21.7 Å². The number of H-pyrrole nitrogens is 1. The zero-order chi connectivity index (χ0) is 15.2. The molecule has 1 aromatic heterocycles. The van der Waals surface area contributed by atoms with Crippen molar-refractivity contribution >= 4 is 18.0 Å². The number of carboxylic acids is 1. The minimum atomic E-state index is -1.03. The Bertz CT molecular complexity index is 663. The van der Waals surface area contributed by atoms with Crippen LogP contribution in [-0.2, 0) is 11.3 Å². The van der Waals surface area contributed by atoms with Crippen LogP contribution < -0.4 is 0 Å². The Morgan fingerprint density at radius 2 is 2.24 bits per heavy atom. The second kappa shape index (κ2) is 6.51. The molecule has 2 aromatic rings. The highest BCUT2D eigenvalue weighted by Crippen LogP contribution is 2.10. The summed E-state index contributed by atoms with van der Waals surface area (Å²) in [6.45, 7) is 0.376. The van der Waals surface area contributed by atoms with Crippen LogP contribution in [0.25, 0.3) is 6.08 Å². The monoisotopic (exact) mass is 285 g/mol. The molecule has 0 saturated carbocycles. The molecule has 2 N–H and O–H groups in total. The van der Waals surface area contributed by atoms with Crippen molar-refractivity contribution in [2.24, 2.45) is 0 Å². The van der Waals surface area contributed by atoms with Crippen molar-refractivity contribution in [2.45, 2.75) is 6.54 Å². The van der Waals surface area contributed by atoms with Gasteiger partial charge < -0.3 is 15.0 Å². The first-order valence-corrected chi connectivity index (χ1v) is 6.31. The van der Waals surface area contributed by atoms with Crippen molar-refractivity contribution < 1.29 is 14.7 Å². The van der Waals surface area contributed by atoms with Crippen molar-refractivity contribution in [1.82, 2.24) is 14.9 Å². The Morgan fingerprint density at radius 1 is 1.43 bits per heavy atom. The summed E-state index contributed by atoms with van der Waals surface area (Å²) in [7, 11) is 1.69. The largest absolute Gasteiger partial charge is 0.478 e. The van der Waals surface area contributed by atoms with Crippen LogP contribution in [0.4, 0.5) is 0 Å². The van der Waals surface area contributed by atoms with E-state index in [1.54, 1.807) is 48.6 Å². The van der Waals surface area contributed by atoms with E-state index in [0.29, 0.717) is 23.5 Å². The fourth-order valence-electron chi connectivity index (χ4n) is 1.84. The van der Waals surface area contributed by atoms with Crippen LogP contribution in [0.15, 0.2) is 42.7 Å². The number of amides is 1. The van der Waals surface area contributed by atoms with Gasteiger partial charge in [-0.3, -0.25) is 4.79 Å². The number of aliphatic carboxylic acids is 1. The quantitative estimate of drug-likeness (QED) is 0.820. The summed E-state index contributed by atoms with van der Waals surface area (Å²) < 4.78 is 0. The Labute approximate surface area is 121 Å². The van der Waals surface area contributed by atoms with Gasteiger partial charge in [-0.25, -0.2) is 9.78 Å². The van der Waals surface area contributed by atoms with Gasteiger partial charge in [-0.2, -0.15) is 0 Å². The van der Waals surface area contributed by atoms with E-state index in [0.717, 1.165) is 6.08 Å².